The van der Waals surface area contributed by atoms with Crippen LogP contribution >= 0.6 is 0 Å². The van der Waals surface area contributed by atoms with Crippen molar-refractivity contribution in [2.75, 3.05) is 0 Å². The number of hydrogen-bond acceptors (Lipinski definition) is 2. The molecule has 0 saturated heterocycles. The number of ether oxygens (including phenoxy) is 1. The van der Waals surface area contributed by atoms with E-state index in [9.17, 15) is 22.4 Å². The molecule has 0 aromatic heterocycles. The molecule has 0 radical (unpaired) electrons. The first-order chi connectivity index (χ1) is 8.31. The Kier molecular flexibility index (Phi) is 2.71. The van der Waals surface area contributed by atoms with Crippen molar-refractivity contribution in [3.63, 3.8) is 0 Å². The van der Waals surface area contributed by atoms with Gasteiger partial charge in [0.05, 0.1) is 0 Å². The standard InChI is InChI=1S/C11H8F4O3/c12-9(13)18-7-4-2-1-3-6(7)10(8(16)17)5-11(10,14)15/h1-4,9H,5H2,(H,16,17). The number of rotatable bonds is 4. The fourth-order valence-electron chi connectivity index (χ4n) is 1.95. The van der Waals surface area contributed by atoms with Crippen molar-refractivity contribution in [1.82, 2.24) is 0 Å². The molecule has 1 aromatic rings. The highest BCUT2D eigenvalue weighted by molar-refractivity contribution is 5.88. The van der Waals surface area contributed by atoms with Gasteiger partial charge in [0, 0.05) is 12.0 Å². The fraction of sp³-hybridized carbons (Fsp3) is 0.364. The molecule has 1 aliphatic rings. The van der Waals surface area contributed by atoms with Gasteiger partial charge in [-0.25, -0.2) is 8.78 Å². The van der Waals surface area contributed by atoms with Crippen LogP contribution in [-0.2, 0) is 10.2 Å². The lowest BCUT2D eigenvalue weighted by atomic mass is 9.94. The molecule has 98 valence electrons. The third kappa shape index (κ3) is 1.70. The SMILES string of the molecule is O=C(O)C1(c2ccccc2OC(F)F)CC1(F)F. The summed E-state index contributed by atoms with van der Waals surface area (Å²) in [5.74, 6) is -5.75. The van der Waals surface area contributed by atoms with E-state index in [-0.39, 0.29) is 0 Å². The summed E-state index contributed by atoms with van der Waals surface area (Å²) in [6.45, 7) is -3.20. The number of carboxylic acids is 1. The minimum absolute atomic E-state index is 0.428. The van der Waals surface area contributed by atoms with Crippen LogP contribution in [0, 0.1) is 0 Å². The molecule has 3 nitrogen and oxygen atoms in total. The van der Waals surface area contributed by atoms with E-state index >= 15 is 0 Å². The quantitative estimate of drug-likeness (QED) is 0.850. The number of carbonyl (C=O) groups is 1. The second-order valence-corrected chi connectivity index (χ2v) is 3.97. The van der Waals surface area contributed by atoms with Gasteiger partial charge in [-0.15, -0.1) is 0 Å². The van der Waals surface area contributed by atoms with Crippen molar-refractivity contribution in [2.24, 2.45) is 0 Å². The van der Waals surface area contributed by atoms with Gasteiger partial charge < -0.3 is 9.84 Å². The third-order valence-corrected chi connectivity index (χ3v) is 2.91. The van der Waals surface area contributed by atoms with Crippen molar-refractivity contribution in [1.29, 1.82) is 0 Å². The predicted octanol–water partition coefficient (Wildman–Crippen LogP) is 2.65. The van der Waals surface area contributed by atoms with E-state index < -0.39 is 41.7 Å². The summed E-state index contributed by atoms with van der Waals surface area (Å²) in [4.78, 5) is 11.0. The van der Waals surface area contributed by atoms with Crippen LogP contribution in [0.15, 0.2) is 24.3 Å². The molecule has 1 aromatic carbocycles. The van der Waals surface area contributed by atoms with Gasteiger partial charge in [0.2, 0.25) is 0 Å². The maximum Gasteiger partial charge on any atom is 0.387 e. The molecule has 0 aliphatic heterocycles. The van der Waals surface area contributed by atoms with Crippen LogP contribution in [0.4, 0.5) is 17.6 Å². The molecule has 1 N–H and O–H groups in total. The minimum atomic E-state index is -3.46. The van der Waals surface area contributed by atoms with Gasteiger partial charge in [-0.3, -0.25) is 4.79 Å². The lowest BCUT2D eigenvalue weighted by Crippen LogP contribution is -2.28. The lowest BCUT2D eigenvalue weighted by molar-refractivity contribution is -0.143. The Balaban J connectivity index is 2.48. The summed E-state index contributed by atoms with van der Waals surface area (Å²) in [6, 6.07) is 4.71. The first kappa shape index (κ1) is 12.7. The highest BCUT2D eigenvalue weighted by Gasteiger charge is 2.78. The van der Waals surface area contributed by atoms with E-state index in [1.165, 1.54) is 12.1 Å². The molecule has 1 atom stereocenters. The summed E-state index contributed by atoms with van der Waals surface area (Å²) in [5, 5.41) is 8.93. The van der Waals surface area contributed by atoms with Crippen molar-refractivity contribution < 1.29 is 32.2 Å². The molecule has 1 aliphatic carbocycles. The number of hydrogen-bond donors (Lipinski definition) is 1. The molecular weight excluding hydrogens is 256 g/mol. The van der Waals surface area contributed by atoms with Gasteiger partial charge in [-0.1, -0.05) is 18.2 Å². The molecule has 0 spiro atoms. The minimum Gasteiger partial charge on any atom is -0.480 e. The highest BCUT2D eigenvalue weighted by Crippen LogP contribution is 2.63. The second-order valence-electron chi connectivity index (χ2n) is 3.97. The fourth-order valence-corrected chi connectivity index (χ4v) is 1.95. The molecule has 2 rings (SSSR count). The average molecular weight is 264 g/mol. The Morgan fingerprint density at radius 1 is 1.33 bits per heavy atom. The van der Waals surface area contributed by atoms with Crippen LogP contribution in [0.2, 0.25) is 0 Å². The van der Waals surface area contributed by atoms with E-state index in [4.69, 9.17) is 5.11 Å². The Morgan fingerprint density at radius 2 is 1.89 bits per heavy atom. The normalized spacial score (nSPS) is 24.9. The van der Waals surface area contributed by atoms with Gasteiger partial charge >= 0.3 is 12.6 Å². The number of para-hydroxylation sites is 1. The third-order valence-electron chi connectivity index (χ3n) is 2.91. The van der Waals surface area contributed by atoms with E-state index in [1.807, 2.05) is 0 Å². The van der Waals surface area contributed by atoms with Gasteiger partial charge in [0.15, 0.2) is 5.41 Å². The number of alkyl halides is 4. The van der Waals surface area contributed by atoms with Crippen LogP contribution < -0.4 is 4.74 Å². The first-order valence-electron chi connectivity index (χ1n) is 4.97. The van der Waals surface area contributed by atoms with E-state index in [0.717, 1.165) is 12.1 Å². The van der Waals surface area contributed by atoms with Crippen molar-refractivity contribution in [3.8, 4) is 5.75 Å². The van der Waals surface area contributed by atoms with Crippen molar-refractivity contribution in [2.45, 2.75) is 24.4 Å². The summed E-state index contributed by atoms with van der Waals surface area (Å²) in [7, 11) is 0. The summed E-state index contributed by atoms with van der Waals surface area (Å²) in [6.07, 6.45) is -0.918. The van der Waals surface area contributed by atoms with Crippen molar-refractivity contribution in [3.05, 3.63) is 29.8 Å². The molecule has 0 amide bonds. The number of halogens is 4. The first-order valence-corrected chi connectivity index (χ1v) is 4.97. The summed E-state index contributed by atoms with van der Waals surface area (Å²) >= 11 is 0. The molecule has 7 heteroatoms. The van der Waals surface area contributed by atoms with Crippen molar-refractivity contribution >= 4 is 5.97 Å². The Hall–Kier alpha value is -1.79. The Bertz CT molecular complexity index is 489. The average Bonchev–Trinajstić information content (AvgIpc) is 2.83. The number of aliphatic carboxylic acids is 1. The topological polar surface area (TPSA) is 46.5 Å². The zero-order valence-electron chi connectivity index (χ0n) is 8.87. The molecule has 1 unspecified atom stereocenters. The predicted molar refractivity (Wildman–Crippen MR) is 52.0 cm³/mol. The molecule has 1 fully saturated rings. The number of carboxylic acid groups (broad SMARTS) is 1. The lowest BCUT2D eigenvalue weighted by Gasteiger charge is -2.16. The monoisotopic (exact) mass is 264 g/mol. The van der Waals surface area contributed by atoms with Gasteiger partial charge in [0.1, 0.15) is 5.75 Å². The number of benzene rings is 1. The van der Waals surface area contributed by atoms with Crippen LogP contribution in [-0.4, -0.2) is 23.6 Å². The largest absolute Gasteiger partial charge is 0.480 e. The zero-order valence-corrected chi connectivity index (χ0v) is 8.87. The Labute approximate surface area is 99.0 Å². The van der Waals surface area contributed by atoms with Gasteiger partial charge in [-0.05, 0) is 6.07 Å². The van der Waals surface area contributed by atoms with E-state index in [0.29, 0.717) is 0 Å². The zero-order chi connectivity index (χ0) is 13.6. The highest BCUT2D eigenvalue weighted by atomic mass is 19.3. The van der Waals surface area contributed by atoms with Crippen LogP contribution in [0.3, 0.4) is 0 Å². The molecule has 0 bridgehead atoms. The molecular formula is C11H8F4O3. The van der Waals surface area contributed by atoms with Crippen LogP contribution in [0.1, 0.15) is 12.0 Å². The smallest absolute Gasteiger partial charge is 0.387 e. The van der Waals surface area contributed by atoms with E-state index in [1.54, 1.807) is 0 Å². The molecule has 18 heavy (non-hydrogen) atoms. The molecule has 0 heterocycles. The molecule has 1 saturated carbocycles. The Morgan fingerprint density at radius 3 is 2.33 bits per heavy atom. The maximum absolute atomic E-state index is 13.3. The van der Waals surface area contributed by atoms with Gasteiger partial charge in [-0.2, -0.15) is 8.78 Å². The summed E-state index contributed by atoms with van der Waals surface area (Å²) in [5.41, 5.74) is -2.89. The van der Waals surface area contributed by atoms with Crippen LogP contribution in [0.5, 0.6) is 5.75 Å². The second kappa shape index (κ2) is 3.86. The van der Waals surface area contributed by atoms with E-state index in [2.05, 4.69) is 4.74 Å². The van der Waals surface area contributed by atoms with Gasteiger partial charge in [0.25, 0.3) is 5.92 Å². The summed E-state index contributed by atoms with van der Waals surface area (Å²) < 4.78 is 54.9. The maximum atomic E-state index is 13.3. The van der Waals surface area contributed by atoms with Crippen LogP contribution in [0.25, 0.3) is 0 Å².